The van der Waals surface area contributed by atoms with E-state index in [1.165, 1.54) is 0 Å². The lowest BCUT2D eigenvalue weighted by atomic mass is 10.1. The summed E-state index contributed by atoms with van der Waals surface area (Å²) in [4.78, 5) is 10.9. The number of aromatic nitrogens is 2. The summed E-state index contributed by atoms with van der Waals surface area (Å²) in [5.74, 6) is -0.887. The Morgan fingerprint density at radius 3 is 2.95 bits per heavy atom. The van der Waals surface area contributed by atoms with E-state index in [4.69, 9.17) is 5.11 Å². The van der Waals surface area contributed by atoms with Gasteiger partial charge >= 0.3 is 5.97 Å². The highest BCUT2D eigenvalue weighted by molar-refractivity contribution is 9.10. The molecule has 2 N–H and O–H groups in total. The molecule has 1 aromatic carbocycles. The van der Waals surface area contributed by atoms with Crippen molar-refractivity contribution in [1.82, 2.24) is 15.1 Å². The van der Waals surface area contributed by atoms with Crippen LogP contribution in [-0.4, -0.2) is 27.4 Å². The summed E-state index contributed by atoms with van der Waals surface area (Å²) in [5, 5.41) is 16.5. The molecule has 0 saturated heterocycles. The first-order valence-electron chi connectivity index (χ1n) is 6.86. The second-order valence-electron chi connectivity index (χ2n) is 4.81. The molecule has 112 valence electrons. The molecule has 0 aliphatic carbocycles. The van der Waals surface area contributed by atoms with Crippen molar-refractivity contribution < 1.29 is 9.90 Å². The molecule has 0 saturated carbocycles. The van der Waals surface area contributed by atoms with Crippen molar-refractivity contribution >= 4 is 21.9 Å². The highest BCUT2D eigenvalue weighted by atomic mass is 79.9. The Kier molecular flexibility index (Phi) is 5.95. The number of halogens is 1. The first kappa shape index (κ1) is 15.7. The lowest BCUT2D eigenvalue weighted by Crippen LogP contribution is -2.15. The number of hydrogen-bond donors (Lipinski definition) is 2. The number of carbonyl (C=O) groups is 1. The van der Waals surface area contributed by atoms with Crippen LogP contribution in [0.5, 0.6) is 0 Å². The van der Waals surface area contributed by atoms with E-state index in [-0.39, 0.29) is 0 Å². The fraction of sp³-hybridized carbons (Fsp3) is 0.333. The molecule has 0 unspecified atom stereocenters. The van der Waals surface area contributed by atoms with Gasteiger partial charge in [-0.1, -0.05) is 12.1 Å². The summed E-state index contributed by atoms with van der Waals surface area (Å²) in [5.41, 5.74) is 1.32. The quantitative estimate of drug-likeness (QED) is 0.717. The van der Waals surface area contributed by atoms with Crippen molar-refractivity contribution in [2.24, 2.45) is 0 Å². The summed E-state index contributed by atoms with van der Waals surface area (Å²) in [7, 11) is 0. The molecule has 0 amide bonds. The smallest absolute Gasteiger partial charge is 0.335 e. The van der Waals surface area contributed by atoms with Gasteiger partial charge in [0.25, 0.3) is 0 Å². The Balaban J connectivity index is 1.63. The largest absolute Gasteiger partial charge is 0.478 e. The molecular formula is C15H18BrN3O2. The molecule has 0 spiro atoms. The van der Waals surface area contributed by atoms with E-state index in [1.54, 1.807) is 24.4 Å². The highest BCUT2D eigenvalue weighted by Crippen LogP contribution is 2.07. The normalized spacial score (nSPS) is 10.7. The maximum absolute atomic E-state index is 10.9. The van der Waals surface area contributed by atoms with Gasteiger partial charge in [-0.15, -0.1) is 0 Å². The number of hydrogen-bond acceptors (Lipinski definition) is 3. The van der Waals surface area contributed by atoms with Crippen LogP contribution in [0.25, 0.3) is 0 Å². The molecule has 2 rings (SSSR count). The first-order valence-corrected chi connectivity index (χ1v) is 7.65. The molecule has 6 heteroatoms. The average Bonchev–Trinajstić information content (AvgIpc) is 2.88. The van der Waals surface area contributed by atoms with Crippen LogP contribution in [0.1, 0.15) is 28.8 Å². The lowest BCUT2D eigenvalue weighted by Gasteiger charge is -2.06. The minimum Gasteiger partial charge on any atom is -0.478 e. The number of nitrogens with zero attached hydrogens (tertiary/aromatic N) is 2. The maximum atomic E-state index is 10.9. The van der Waals surface area contributed by atoms with Crippen molar-refractivity contribution in [1.29, 1.82) is 0 Å². The van der Waals surface area contributed by atoms with Gasteiger partial charge in [-0.2, -0.15) is 5.10 Å². The predicted octanol–water partition coefficient (Wildman–Crippen LogP) is 2.91. The summed E-state index contributed by atoms with van der Waals surface area (Å²) in [6.07, 6.45) is 5.85. The second kappa shape index (κ2) is 7.95. The number of carboxylic acids is 1. The minimum absolute atomic E-state index is 0.332. The average molecular weight is 352 g/mol. The van der Waals surface area contributed by atoms with Gasteiger partial charge in [-0.3, -0.25) is 4.68 Å². The molecule has 1 aromatic heterocycles. The van der Waals surface area contributed by atoms with Crippen LogP contribution >= 0.6 is 15.9 Å². The molecule has 2 aromatic rings. The number of nitrogens with one attached hydrogen (secondary N) is 1. The second-order valence-corrected chi connectivity index (χ2v) is 5.73. The van der Waals surface area contributed by atoms with Gasteiger partial charge < -0.3 is 10.4 Å². The fourth-order valence-corrected chi connectivity index (χ4v) is 2.36. The van der Waals surface area contributed by atoms with E-state index < -0.39 is 5.97 Å². The van der Waals surface area contributed by atoms with Crippen LogP contribution in [0, 0.1) is 0 Å². The Morgan fingerprint density at radius 2 is 2.24 bits per heavy atom. The molecular weight excluding hydrogens is 334 g/mol. The Morgan fingerprint density at radius 1 is 1.38 bits per heavy atom. The first-order chi connectivity index (χ1) is 10.1. The zero-order valence-corrected chi connectivity index (χ0v) is 13.2. The number of aryl methyl sites for hydroxylation is 1. The van der Waals surface area contributed by atoms with E-state index in [2.05, 4.69) is 26.3 Å². The predicted molar refractivity (Wildman–Crippen MR) is 84.3 cm³/mol. The van der Waals surface area contributed by atoms with E-state index in [1.807, 2.05) is 16.9 Å². The Hall–Kier alpha value is -1.66. The Labute approximate surface area is 132 Å². The highest BCUT2D eigenvalue weighted by Gasteiger charge is 2.02. The number of unbranched alkanes of at least 4 members (excludes halogenated alkanes) is 1. The van der Waals surface area contributed by atoms with E-state index in [9.17, 15) is 4.79 Å². The SMILES string of the molecule is O=C(O)c1cccc(CNCCCCn2cc(Br)cn2)c1. The summed E-state index contributed by atoms with van der Waals surface area (Å²) < 4.78 is 2.92. The third-order valence-electron chi connectivity index (χ3n) is 3.10. The van der Waals surface area contributed by atoms with Crippen molar-refractivity contribution in [2.75, 3.05) is 6.54 Å². The fourth-order valence-electron chi connectivity index (χ4n) is 2.03. The lowest BCUT2D eigenvalue weighted by molar-refractivity contribution is 0.0696. The topological polar surface area (TPSA) is 67.2 Å². The number of rotatable bonds is 8. The van der Waals surface area contributed by atoms with Gasteiger partial charge in [0.15, 0.2) is 0 Å². The summed E-state index contributed by atoms with van der Waals surface area (Å²) >= 11 is 3.37. The molecule has 21 heavy (non-hydrogen) atoms. The summed E-state index contributed by atoms with van der Waals surface area (Å²) in [6.45, 7) is 2.50. The molecule has 0 aliphatic heterocycles. The third-order valence-corrected chi connectivity index (χ3v) is 3.51. The monoisotopic (exact) mass is 351 g/mol. The van der Waals surface area contributed by atoms with Crippen LogP contribution in [0.4, 0.5) is 0 Å². The zero-order chi connectivity index (χ0) is 15.1. The number of benzene rings is 1. The zero-order valence-electron chi connectivity index (χ0n) is 11.6. The van der Waals surface area contributed by atoms with Gasteiger partial charge in [-0.25, -0.2) is 4.79 Å². The van der Waals surface area contributed by atoms with Gasteiger partial charge in [0.2, 0.25) is 0 Å². The van der Waals surface area contributed by atoms with Crippen molar-refractivity contribution in [3.05, 3.63) is 52.3 Å². The van der Waals surface area contributed by atoms with Gasteiger partial charge in [0, 0.05) is 19.3 Å². The third kappa shape index (κ3) is 5.32. The minimum atomic E-state index is -0.887. The van der Waals surface area contributed by atoms with Crippen molar-refractivity contribution in [3.63, 3.8) is 0 Å². The molecule has 0 bridgehead atoms. The van der Waals surface area contributed by atoms with Crippen LogP contribution in [0.3, 0.4) is 0 Å². The summed E-state index contributed by atoms with van der Waals surface area (Å²) in [6, 6.07) is 7.02. The Bertz CT molecular complexity index is 598. The molecule has 0 fully saturated rings. The molecule has 0 aliphatic rings. The van der Waals surface area contributed by atoms with E-state index in [0.717, 1.165) is 36.0 Å². The van der Waals surface area contributed by atoms with Gasteiger partial charge in [-0.05, 0) is 53.0 Å². The van der Waals surface area contributed by atoms with E-state index >= 15 is 0 Å². The van der Waals surface area contributed by atoms with Gasteiger partial charge in [0.05, 0.1) is 16.2 Å². The number of aromatic carboxylic acids is 1. The maximum Gasteiger partial charge on any atom is 0.335 e. The molecule has 1 heterocycles. The van der Waals surface area contributed by atoms with Crippen LogP contribution in [-0.2, 0) is 13.1 Å². The molecule has 5 nitrogen and oxygen atoms in total. The standard InChI is InChI=1S/C15H18BrN3O2/c16-14-10-18-19(11-14)7-2-1-6-17-9-12-4-3-5-13(8-12)15(20)21/h3-5,8,10-11,17H,1-2,6-7,9H2,(H,20,21). The van der Waals surface area contributed by atoms with Crippen molar-refractivity contribution in [2.45, 2.75) is 25.9 Å². The van der Waals surface area contributed by atoms with Gasteiger partial charge in [0.1, 0.15) is 0 Å². The number of carboxylic acid groups (broad SMARTS) is 1. The molecule has 0 atom stereocenters. The van der Waals surface area contributed by atoms with Crippen LogP contribution < -0.4 is 5.32 Å². The van der Waals surface area contributed by atoms with Crippen LogP contribution in [0.15, 0.2) is 41.1 Å². The molecule has 0 radical (unpaired) electrons. The van der Waals surface area contributed by atoms with Crippen molar-refractivity contribution in [3.8, 4) is 0 Å². The van der Waals surface area contributed by atoms with Crippen LogP contribution in [0.2, 0.25) is 0 Å². The van der Waals surface area contributed by atoms with E-state index in [0.29, 0.717) is 12.1 Å².